The lowest BCUT2D eigenvalue weighted by Crippen LogP contribution is -2.33. The Morgan fingerprint density at radius 3 is 1.40 bits per heavy atom. The van der Waals surface area contributed by atoms with Gasteiger partial charge in [-0.1, -0.05) is 88.7 Å². The first-order chi connectivity index (χ1) is 39.2. The highest BCUT2D eigenvalue weighted by atomic mass is 79.9. The number of fused-ring (bicyclic) bond motifs is 9. The predicted molar refractivity (Wildman–Crippen MR) is 338 cm³/mol. The van der Waals surface area contributed by atoms with Crippen LogP contribution in [0.5, 0.6) is 0 Å². The van der Waals surface area contributed by atoms with Crippen molar-refractivity contribution in [2.24, 2.45) is 11.5 Å². The Morgan fingerprint density at radius 1 is 0.598 bits per heavy atom. The lowest BCUT2D eigenvalue weighted by atomic mass is 9.98. The fraction of sp³-hybridized carbons (Fsp3) is 0.299. The maximum Gasteiger partial charge on any atom is 0.407 e. The third-order valence-corrected chi connectivity index (χ3v) is 14.2. The first-order valence-corrected chi connectivity index (χ1v) is 29.0. The molecule has 0 fully saturated rings. The maximum atomic E-state index is 11.7. The average Bonchev–Trinajstić information content (AvgIpc) is 4.42. The second kappa shape index (κ2) is 29.4. The van der Waals surface area contributed by atoms with Crippen LogP contribution in [0.15, 0.2) is 165 Å². The number of aromatic nitrogens is 6. The van der Waals surface area contributed by atoms with E-state index in [4.69, 9.17) is 16.2 Å². The average molecular weight is 1190 g/mol. The number of alkyl carbamates (subject to hydrolysis) is 1. The number of nitrogens with two attached hydrogens (primary N) is 2. The number of H-pyrrole nitrogens is 1. The van der Waals surface area contributed by atoms with Gasteiger partial charge in [0, 0.05) is 128 Å². The van der Waals surface area contributed by atoms with Crippen molar-refractivity contribution in [1.29, 1.82) is 0 Å². The number of nitrogens with zero attached hydrogens (tertiary/aromatic N) is 5. The van der Waals surface area contributed by atoms with Crippen molar-refractivity contribution >= 4 is 40.9 Å². The molecule has 13 nitrogen and oxygen atoms in total. The fourth-order valence-electron chi connectivity index (χ4n) is 10.1. The van der Waals surface area contributed by atoms with Crippen LogP contribution in [0.4, 0.5) is 4.79 Å². The summed E-state index contributed by atoms with van der Waals surface area (Å²) in [6, 6.07) is 38.5. The molecule has 3 aliphatic carbocycles. The van der Waals surface area contributed by atoms with Crippen LogP contribution >= 0.6 is 28.3 Å². The molecule has 82 heavy (non-hydrogen) atoms. The SMILES string of the molecule is CC(C)(C)OC(=O)NCCCn1ccc(-c2ccnc3c2-c2ccccc2C3)c1.CC(C)(C)OC=O.Cl.NCCCBr.NCCCn1ccc(-c2ccnc3c2-c2ccccc2C3)c1.c1ccc2c(c1)Cc1nccc(-c3cc[nH]c3)c1-2. The topological polar surface area (TPSA) is 181 Å². The number of amides is 1. The van der Waals surface area contributed by atoms with Crippen LogP contribution in [0.25, 0.3) is 66.8 Å². The predicted octanol–water partition coefficient (Wildman–Crippen LogP) is 14.3. The number of aryl methyl sites for hydroxylation is 2. The first-order valence-electron chi connectivity index (χ1n) is 27.9. The summed E-state index contributed by atoms with van der Waals surface area (Å²) in [5, 5.41) is 3.84. The highest BCUT2D eigenvalue weighted by molar-refractivity contribution is 9.09. The Labute approximate surface area is 497 Å². The number of nitrogens with one attached hydrogen (secondary N) is 2. The van der Waals surface area contributed by atoms with E-state index in [1.54, 1.807) is 0 Å². The molecular weight excluding hydrogens is 1110 g/mol. The van der Waals surface area contributed by atoms with Crippen molar-refractivity contribution in [2.45, 2.75) is 104 Å². The Kier molecular flexibility index (Phi) is 22.2. The molecule has 428 valence electrons. The molecule has 6 aromatic heterocycles. The van der Waals surface area contributed by atoms with Crippen molar-refractivity contribution in [2.75, 3.05) is 25.0 Å². The lowest BCUT2D eigenvalue weighted by Gasteiger charge is -2.19. The van der Waals surface area contributed by atoms with Crippen LogP contribution in [0.1, 0.15) is 94.6 Å². The van der Waals surface area contributed by atoms with Gasteiger partial charge in [-0.15, -0.1) is 12.4 Å². The standard InChI is InChI=1S/C24H27N3O2.C19H19N3.C16H12N2.C5H10O2.C3H8BrN.ClH/c1-24(2,3)29-23(28)26-11-6-13-27-14-10-18(16-27)20-9-12-25-21-15-17-7-4-5-8-19(17)22(20)21;20-8-3-10-22-11-7-15(13-22)17-6-9-21-18-12-14-4-1-2-5-16(14)19(17)18;1-2-4-13-11(3-1)9-15-16(13)14(6-8-18-15)12-5-7-17-10-12;1-5(2,3)7-4-6;4-2-1-3-5;/h4-5,7-10,12,14,16H,6,11,13,15H2,1-3H3,(H,26,28);1-2,4-7,9,11,13H,3,8,10,12,20H2;1-8,10,17H,9H2;4H,1-3H3;1-3,5H2;1H. The molecule has 0 saturated heterocycles. The van der Waals surface area contributed by atoms with Crippen LogP contribution in [0.3, 0.4) is 0 Å². The van der Waals surface area contributed by atoms with Gasteiger partial charge in [-0.2, -0.15) is 0 Å². The Hall–Kier alpha value is -7.62. The normalized spacial score (nSPS) is 11.8. The molecule has 0 bridgehead atoms. The van der Waals surface area contributed by atoms with E-state index in [-0.39, 0.29) is 24.1 Å². The number of aromatic amines is 1. The number of hydrogen-bond acceptors (Lipinski definition) is 9. The van der Waals surface area contributed by atoms with Gasteiger partial charge in [-0.25, -0.2) is 4.79 Å². The van der Waals surface area contributed by atoms with Gasteiger partial charge in [0.15, 0.2) is 0 Å². The minimum atomic E-state index is -0.469. The molecule has 0 aliphatic heterocycles. The summed E-state index contributed by atoms with van der Waals surface area (Å²) < 4.78 is 14.2. The van der Waals surface area contributed by atoms with Gasteiger partial charge in [-0.3, -0.25) is 19.7 Å². The van der Waals surface area contributed by atoms with Gasteiger partial charge in [0.05, 0.1) is 17.1 Å². The number of hydrogen-bond donors (Lipinski definition) is 4. The molecule has 3 aromatic carbocycles. The van der Waals surface area contributed by atoms with Gasteiger partial charge < -0.3 is 40.4 Å². The van der Waals surface area contributed by atoms with E-state index in [1.165, 1.54) is 94.8 Å². The van der Waals surface area contributed by atoms with E-state index in [0.717, 1.165) is 75.7 Å². The number of carbonyl (C=O) groups is 2. The number of ether oxygens (including phenoxy) is 2. The Bertz CT molecular complexity index is 3500. The summed E-state index contributed by atoms with van der Waals surface area (Å²) in [7, 11) is 0. The second-order valence-corrected chi connectivity index (χ2v) is 22.8. The number of halogens is 2. The number of pyridine rings is 3. The second-order valence-electron chi connectivity index (χ2n) is 22.0. The van der Waals surface area contributed by atoms with Crippen molar-refractivity contribution in [3.05, 3.63) is 199 Å². The zero-order chi connectivity index (χ0) is 57.4. The first kappa shape index (κ1) is 62.0. The largest absolute Gasteiger partial charge is 0.462 e. The van der Waals surface area contributed by atoms with Gasteiger partial charge >= 0.3 is 6.09 Å². The van der Waals surface area contributed by atoms with Gasteiger partial charge in [0.2, 0.25) is 0 Å². The van der Waals surface area contributed by atoms with Gasteiger partial charge in [0.1, 0.15) is 11.2 Å². The van der Waals surface area contributed by atoms with Crippen molar-refractivity contribution in [3.63, 3.8) is 0 Å². The minimum Gasteiger partial charge on any atom is -0.462 e. The minimum absolute atomic E-state index is 0. The highest BCUT2D eigenvalue weighted by Crippen LogP contribution is 2.44. The number of rotatable bonds is 13. The zero-order valence-electron chi connectivity index (χ0n) is 48.0. The summed E-state index contributed by atoms with van der Waals surface area (Å²) in [5.74, 6) is 0. The van der Waals surface area contributed by atoms with Crippen LogP contribution in [0.2, 0.25) is 0 Å². The third kappa shape index (κ3) is 16.3. The van der Waals surface area contributed by atoms with E-state index in [2.05, 4.69) is 189 Å². The van der Waals surface area contributed by atoms with E-state index < -0.39 is 5.60 Å². The number of carbonyl (C=O) groups excluding carboxylic acids is 2. The van der Waals surface area contributed by atoms with Crippen LogP contribution in [-0.4, -0.2) is 77.8 Å². The van der Waals surface area contributed by atoms with Crippen molar-refractivity contribution < 1.29 is 19.1 Å². The van der Waals surface area contributed by atoms with E-state index >= 15 is 0 Å². The summed E-state index contributed by atoms with van der Waals surface area (Å²) in [4.78, 5) is 38.2. The third-order valence-electron chi connectivity index (χ3n) is 13.7. The van der Waals surface area contributed by atoms with Gasteiger partial charge in [0.25, 0.3) is 6.47 Å². The van der Waals surface area contributed by atoms with Crippen molar-refractivity contribution in [3.8, 4) is 66.8 Å². The summed E-state index contributed by atoms with van der Waals surface area (Å²) in [5.41, 5.74) is 32.8. The van der Waals surface area contributed by atoms with E-state index in [9.17, 15) is 9.59 Å². The smallest absolute Gasteiger partial charge is 0.407 e. The molecule has 3 aliphatic rings. The van der Waals surface area contributed by atoms with Crippen LogP contribution in [-0.2, 0) is 46.6 Å². The fourth-order valence-corrected chi connectivity index (χ4v) is 10.4. The quantitative estimate of drug-likeness (QED) is 0.0496. The molecule has 0 atom stereocenters. The summed E-state index contributed by atoms with van der Waals surface area (Å²) in [6.07, 6.45) is 23.7. The number of benzene rings is 3. The Morgan fingerprint density at radius 2 is 1.04 bits per heavy atom. The molecule has 0 unspecified atom stereocenters. The van der Waals surface area contributed by atoms with Crippen molar-refractivity contribution in [1.82, 2.24) is 34.4 Å². The van der Waals surface area contributed by atoms with Crippen LogP contribution < -0.4 is 16.8 Å². The molecule has 9 aromatic rings. The highest BCUT2D eigenvalue weighted by Gasteiger charge is 2.26. The molecule has 15 heteroatoms. The molecule has 0 saturated carbocycles. The summed E-state index contributed by atoms with van der Waals surface area (Å²) in [6.45, 7) is 15.4. The van der Waals surface area contributed by atoms with E-state index in [0.29, 0.717) is 13.0 Å². The Balaban J connectivity index is 0.000000163. The number of alkyl halides is 1. The monoisotopic (exact) mass is 1190 g/mol. The zero-order valence-corrected chi connectivity index (χ0v) is 50.4. The molecule has 12 rings (SSSR count). The van der Waals surface area contributed by atoms with E-state index in [1.807, 2.05) is 72.5 Å². The van der Waals surface area contributed by atoms with Crippen LogP contribution in [0, 0.1) is 0 Å². The molecule has 1 amide bonds. The molecule has 0 radical (unpaired) electrons. The molecule has 6 heterocycles. The lowest BCUT2D eigenvalue weighted by molar-refractivity contribution is -0.138. The molecular formula is C67H77BrClN9O4. The molecule has 0 spiro atoms. The molecule has 6 N–H and O–H groups in total. The van der Waals surface area contributed by atoms with Gasteiger partial charge in [-0.05, 0) is 166 Å². The summed E-state index contributed by atoms with van der Waals surface area (Å²) >= 11 is 3.23. The maximum absolute atomic E-state index is 11.7.